The van der Waals surface area contributed by atoms with E-state index in [0.29, 0.717) is 10.8 Å². The highest BCUT2D eigenvalue weighted by Gasteiger charge is 2.11. The minimum Gasteiger partial charge on any atom is -0.384 e. The second-order valence-corrected chi connectivity index (χ2v) is 3.86. The summed E-state index contributed by atoms with van der Waals surface area (Å²) in [6.07, 6.45) is 0. The molecule has 0 bridgehead atoms. The lowest BCUT2D eigenvalue weighted by Gasteiger charge is -2.01. The van der Waals surface area contributed by atoms with Crippen molar-refractivity contribution in [3.05, 3.63) is 46.5 Å². The van der Waals surface area contributed by atoms with E-state index in [1.165, 1.54) is 30.3 Å². The molecule has 92 valence electrons. The molecule has 0 unspecified atom stereocenters. The van der Waals surface area contributed by atoms with Crippen molar-refractivity contribution in [2.75, 3.05) is 0 Å². The Morgan fingerprint density at radius 3 is 2.50 bits per heavy atom. The van der Waals surface area contributed by atoms with Gasteiger partial charge in [-0.15, -0.1) is 0 Å². The van der Waals surface area contributed by atoms with E-state index in [1.54, 1.807) is 6.07 Å². The van der Waals surface area contributed by atoms with E-state index < -0.39 is 15.9 Å². The quantitative estimate of drug-likeness (QED) is 0.387. The zero-order valence-electron chi connectivity index (χ0n) is 8.40. The molecule has 0 spiro atoms. The van der Waals surface area contributed by atoms with Crippen LogP contribution in [0.5, 0.6) is 5.75 Å². The second kappa shape index (κ2) is 5.98. The van der Waals surface area contributed by atoms with Gasteiger partial charge in [-0.1, -0.05) is 12.1 Å². The van der Waals surface area contributed by atoms with Gasteiger partial charge >= 0.3 is 23.1 Å². The van der Waals surface area contributed by atoms with E-state index in [-0.39, 0.29) is 34.5 Å². The van der Waals surface area contributed by atoms with Crippen LogP contribution >= 0.6 is 0 Å². The molecular weight excluding hydrogens is 270 g/mol. The molecule has 8 heteroatoms. The van der Waals surface area contributed by atoms with E-state index in [1.807, 2.05) is 0 Å². The number of hydrogen-bond acceptors (Lipinski definition) is 5. The number of nitro benzene ring substituents is 1. The minimum absolute atomic E-state index is 0. The van der Waals surface area contributed by atoms with Crippen LogP contribution in [0, 0.1) is 10.1 Å². The molecule has 0 N–H and O–H groups in total. The summed E-state index contributed by atoms with van der Waals surface area (Å²) >= 11 is 0. The standard InChI is InChI=1S/C10H7NO5S.Mg.2H/c12-11(13)10-3-1-2-7-6-8(16-17(14)15)4-5-9(7)10;;;/h1-6,17H;;;. The van der Waals surface area contributed by atoms with Crippen molar-refractivity contribution in [3.63, 3.8) is 0 Å². The first kappa shape index (κ1) is 14.7. The molecule has 2 aromatic rings. The topological polar surface area (TPSA) is 86.5 Å². The van der Waals surface area contributed by atoms with Gasteiger partial charge in [0.15, 0.2) is 0 Å². The van der Waals surface area contributed by atoms with Crippen molar-refractivity contribution < 1.29 is 17.5 Å². The number of rotatable bonds is 3. The first-order valence-corrected chi connectivity index (χ1v) is 5.67. The van der Waals surface area contributed by atoms with Crippen molar-refractivity contribution in [2.45, 2.75) is 0 Å². The Morgan fingerprint density at radius 2 is 1.89 bits per heavy atom. The minimum atomic E-state index is -2.99. The molecule has 2 aromatic carbocycles. The Hall–Kier alpha value is -1.38. The SMILES string of the molecule is O=[N+]([O-])c1cccc2cc(O[SH](=O)=O)ccc12.[MgH2]. The first-order valence-electron chi connectivity index (χ1n) is 4.57. The molecule has 0 atom stereocenters. The van der Waals surface area contributed by atoms with Crippen LogP contribution in [0.15, 0.2) is 36.4 Å². The van der Waals surface area contributed by atoms with Crippen LogP contribution in [0.2, 0.25) is 0 Å². The van der Waals surface area contributed by atoms with Crippen LogP contribution < -0.4 is 4.18 Å². The van der Waals surface area contributed by atoms with Crippen LogP contribution in [0.25, 0.3) is 10.8 Å². The van der Waals surface area contributed by atoms with Crippen LogP contribution in [-0.4, -0.2) is 36.4 Å². The average Bonchev–Trinajstić information content (AvgIpc) is 2.26. The van der Waals surface area contributed by atoms with E-state index in [4.69, 9.17) is 0 Å². The molecule has 0 aliphatic heterocycles. The van der Waals surface area contributed by atoms with Gasteiger partial charge in [0.1, 0.15) is 5.75 Å². The summed E-state index contributed by atoms with van der Waals surface area (Å²) in [6.45, 7) is 0. The molecule has 0 heterocycles. The van der Waals surface area contributed by atoms with Gasteiger partial charge in [0.05, 0.1) is 10.3 Å². The average molecular weight is 280 g/mol. The summed E-state index contributed by atoms with van der Waals surface area (Å²) in [6, 6.07) is 8.83. The number of hydrogen-bond donors (Lipinski definition) is 1. The highest BCUT2D eigenvalue weighted by atomic mass is 32.2. The van der Waals surface area contributed by atoms with E-state index in [9.17, 15) is 18.5 Å². The number of benzene rings is 2. The van der Waals surface area contributed by atoms with Gasteiger partial charge < -0.3 is 4.18 Å². The number of fused-ring (bicyclic) bond motifs is 1. The van der Waals surface area contributed by atoms with Crippen LogP contribution in [-0.2, 0) is 11.0 Å². The number of non-ortho nitro benzene ring substituents is 1. The lowest BCUT2D eigenvalue weighted by Crippen LogP contribution is -1.92. The Morgan fingerprint density at radius 1 is 1.17 bits per heavy atom. The van der Waals surface area contributed by atoms with E-state index in [0.717, 1.165) is 0 Å². The van der Waals surface area contributed by atoms with Gasteiger partial charge in [0.25, 0.3) is 16.7 Å². The van der Waals surface area contributed by atoms with Gasteiger partial charge in [-0.3, -0.25) is 10.1 Å². The summed E-state index contributed by atoms with van der Waals surface area (Å²) in [7, 11) is -2.99. The lowest BCUT2D eigenvalue weighted by molar-refractivity contribution is -0.383. The fraction of sp³-hybridized carbons (Fsp3) is 0. The van der Waals surface area contributed by atoms with Crippen LogP contribution in [0.4, 0.5) is 5.69 Å². The number of nitro groups is 1. The summed E-state index contributed by atoms with van der Waals surface area (Å²) in [5.74, 6) is 0.133. The van der Waals surface area contributed by atoms with E-state index >= 15 is 0 Å². The zero-order chi connectivity index (χ0) is 12.4. The molecule has 0 aromatic heterocycles. The maximum atomic E-state index is 10.8. The van der Waals surface area contributed by atoms with Gasteiger partial charge in [-0.2, -0.15) is 8.42 Å². The third-order valence-corrected chi connectivity index (χ3v) is 2.57. The highest BCUT2D eigenvalue weighted by molar-refractivity contribution is 7.67. The maximum Gasteiger partial charge on any atom is 0.316 e. The molecule has 18 heavy (non-hydrogen) atoms. The Bertz CT molecular complexity index is 662. The Balaban J connectivity index is 0.00000162. The molecule has 0 fully saturated rings. The normalized spacial score (nSPS) is 10.1. The molecular formula is C10H9MgNO5S. The second-order valence-electron chi connectivity index (χ2n) is 3.23. The fourth-order valence-electron chi connectivity index (χ4n) is 1.55. The van der Waals surface area contributed by atoms with Crippen molar-refractivity contribution in [1.82, 2.24) is 0 Å². The fourth-order valence-corrected chi connectivity index (χ4v) is 1.83. The molecule has 0 saturated carbocycles. The molecule has 0 aliphatic carbocycles. The van der Waals surface area contributed by atoms with Crippen molar-refractivity contribution in [3.8, 4) is 5.75 Å². The lowest BCUT2D eigenvalue weighted by atomic mass is 10.1. The molecule has 0 amide bonds. The van der Waals surface area contributed by atoms with Crippen LogP contribution in [0.1, 0.15) is 0 Å². The number of thiol groups is 1. The predicted molar refractivity (Wildman–Crippen MR) is 70.1 cm³/mol. The summed E-state index contributed by atoms with van der Waals surface area (Å²) in [5.41, 5.74) is -0.0273. The number of nitrogens with zero attached hydrogens (tertiary/aromatic N) is 1. The predicted octanol–water partition coefficient (Wildman–Crippen LogP) is 0.737. The van der Waals surface area contributed by atoms with Crippen molar-refractivity contribution >= 4 is 50.5 Å². The summed E-state index contributed by atoms with van der Waals surface area (Å²) in [4.78, 5) is 10.3. The smallest absolute Gasteiger partial charge is 0.316 e. The van der Waals surface area contributed by atoms with Gasteiger partial charge in [0.2, 0.25) is 0 Å². The van der Waals surface area contributed by atoms with Gasteiger partial charge in [-0.05, 0) is 23.6 Å². The monoisotopic (exact) mass is 279 g/mol. The van der Waals surface area contributed by atoms with Crippen LogP contribution in [0.3, 0.4) is 0 Å². The summed E-state index contributed by atoms with van der Waals surface area (Å²) < 4.78 is 25.3. The third kappa shape index (κ3) is 3.09. The summed E-state index contributed by atoms with van der Waals surface area (Å²) in [5, 5.41) is 11.7. The van der Waals surface area contributed by atoms with Gasteiger partial charge in [-0.25, -0.2) is 0 Å². The highest BCUT2D eigenvalue weighted by Crippen LogP contribution is 2.28. The molecule has 0 aliphatic rings. The maximum absolute atomic E-state index is 10.8. The van der Waals surface area contributed by atoms with E-state index in [2.05, 4.69) is 4.18 Å². The van der Waals surface area contributed by atoms with Crippen molar-refractivity contribution in [1.29, 1.82) is 0 Å². The molecule has 0 saturated heterocycles. The molecule has 0 radical (unpaired) electrons. The van der Waals surface area contributed by atoms with Crippen molar-refractivity contribution in [2.24, 2.45) is 0 Å². The molecule has 6 nitrogen and oxygen atoms in total. The Labute approximate surface area is 120 Å². The third-order valence-electron chi connectivity index (χ3n) is 2.21. The Kier molecular flexibility index (Phi) is 4.88. The first-order chi connectivity index (χ1) is 8.08. The largest absolute Gasteiger partial charge is 0.384 e. The zero-order valence-corrected chi connectivity index (χ0v) is 9.29. The van der Waals surface area contributed by atoms with Gasteiger partial charge in [0, 0.05) is 6.07 Å². The molecule has 2 rings (SSSR count).